The fourth-order valence-electron chi connectivity index (χ4n) is 1.95. The van der Waals surface area contributed by atoms with Crippen molar-refractivity contribution in [3.05, 3.63) is 23.5 Å². The van der Waals surface area contributed by atoms with Crippen LogP contribution in [0.5, 0.6) is 11.5 Å². The number of rotatable bonds is 9. The quantitative estimate of drug-likeness (QED) is 0.749. The Bertz CT molecular complexity index is 474. The van der Waals surface area contributed by atoms with Crippen LogP contribution in [0.25, 0.3) is 0 Å². The Labute approximate surface area is 124 Å². The van der Waals surface area contributed by atoms with Gasteiger partial charge < -0.3 is 14.6 Å². The van der Waals surface area contributed by atoms with Gasteiger partial charge in [0.1, 0.15) is 5.82 Å². The van der Waals surface area contributed by atoms with Crippen molar-refractivity contribution in [3.8, 4) is 11.5 Å². The summed E-state index contributed by atoms with van der Waals surface area (Å²) in [6.45, 7) is 6.60. The largest absolute Gasteiger partial charge is 0.490 e. The van der Waals surface area contributed by atoms with Crippen LogP contribution in [0.4, 0.5) is 4.39 Å². The second-order valence-electron chi connectivity index (χ2n) is 5.02. The Morgan fingerprint density at radius 2 is 1.71 bits per heavy atom. The number of carboxylic acid groups (broad SMARTS) is 1. The van der Waals surface area contributed by atoms with Crippen LogP contribution in [0.1, 0.15) is 51.5 Å². The van der Waals surface area contributed by atoms with Crippen molar-refractivity contribution in [2.45, 2.75) is 46.0 Å². The van der Waals surface area contributed by atoms with E-state index in [0.29, 0.717) is 30.3 Å². The molecule has 0 bridgehead atoms. The van der Waals surface area contributed by atoms with Crippen molar-refractivity contribution in [2.75, 3.05) is 13.2 Å². The molecule has 0 spiro atoms. The topological polar surface area (TPSA) is 55.8 Å². The minimum Gasteiger partial charge on any atom is -0.490 e. The van der Waals surface area contributed by atoms with Crippen LogP contribution >= 0.6 is 0 Å². The molecule has 0 amide bonds. The number of hydrogen-bond donors (Lipinski definition) is 1. The van der Waals surface area contributed by atoms with Crippen molar-refractivity contribution >= 4 is 5.97 Å². The average Bonchev–Trinajstić information content (AvgIpc) is 2.42. The summed E-state index contributed by atoms with van der Waals surface area (Å²) in [5.41, 5.74) is 0.340. The maximum absolute atomic E-state index is 14.2. The van der Waals surface area contributed by atoms with Crippen molar-refractivity contribution in [1.29, 1.82) is 0 Å². The molecule has 0 heterocycles. The predicted molar refractivity (Wildman–Crippen MR) is 78.6 cm³/mol. The SMILES string of the molecule is CCCOc1cc(F)c(C(C)CC(=O)O)cc1OCCC. The van der Waals surface area contributed by atoms with Gasteiger partial charge in [-0.1, -0.05) is 20.8 Å². The first-order valence-corrected chi connectivity index (χ1v) is 7.30. The lowest BCUT2D eigenvalue weighted by Crippen LogP contribution is -2.07. The van der Waals surface area contributed by atoms with Crippen molar-refractivity contribution in [2.24, 2.45) is 0 Å². The van der Waals surface area contributed by atoms with Crippen LogP contribution in [0, 0.1) is 5.82 Å². The lowest BCUT2D eigenvalue weighted by molar-refractivity contribution is -0.137. The Morgan fingerprint density at radius 1 is 1.19 bits per heavy atom. The molecule has 0 aliphatic rings. The molecular weight excluding hydrogens is 275 g/mol. The lowest BCUT2D eigenvalue weighted by Gasteiger charge is -2.17. The molecule has 1 rings (SSSR count). The van der Waals surface area contributed by atoms with E-state index in [2.05, 4.69) is 0 Å². The summed E-state index contributed by atoms with van der Waals surface area (Å²) in [6, 6.07) is 2.85. The number of carboxylic acids is 1. The normalized spacial score (nSPS) is 12.0. The van der Waals surface area contributed by atoms with Crippen LogP contribution in [0.2, 0.25) is 0 Å². The molecule has 21 heavy (non-hydrogen) atoms. The van der Waals surface area contributed by atoms with E-state index in [1.165, 1.54) is 6.07 Å². The number of hydrogen-bond acceptors (Lipinski definition) is 3. The first kappa shape index (κ1) is 17.3. The molecule has 5 heteroatoms. The van der Waals surface area contributed by atoms with E-state index in [4.69, 9.17) is 14.6 Å². The predicted octanol–water partition coefficient (Wildman–Crippen LogP) is 3.98. The molecule has 1 unspecified atom stereocenters. The minimum atomic E-state index is -0.954. The van der Waals surface area contributed by atoms with Gasteiger partial charge in [0.25, 0.3) is 0 Å². The van der Waals surface area contributed by atoms with E-state index in [1.807, 2.05) is 13.8 Å². The summed E-state index contributed by atoms with van der Waals surface area (Å²) in [4.78, 5) is 10.8. The minimum absolute atomic E-state index is 0.126. The number of benzene rings is 1. The summed E-state index contributed by atoms with van der Waals surface area (Å²) in [7, 11) is 0. The molecule has 1 atom stereocenters. The third-order valence-electron chi connectivity index (χ3n) is 3.00. The van der Waals surface area contributed by atoms with Gasteiger partial charge in [-0.05, 0) is 30.4 Å². The molecule has 0 aromatic heterocycles. The Kier molecular flexibility index (Phi) is 6.99. The van der Waals surface area contributed by atoms with Crippen molar-refractivity contribution in [3.63, 3.8) is 0 Å². The number of halogens is 1. The van der Waals surface area contributed by atoms with Gasteiger partial charge in [0.05, 0.1) is 19.6 Å². The van der Waals surface area contributed by atoms with E-state index < -0.39 is 17.7 Å². The summed E-state index contributed by atoms with van der Waals surface area (Å²) in [6.07, 6.45) is 1.51. The van der Waals surface area contributed by atoms with Gasteiger partial charge in [0, 0.05) is 6.07 Å². The Hall–Kier alpha value is -1.78. The molecular formula is C16H23FO4. The zero-order valence-electron chi connectivity index (χ0n) is 12.8. The number of aliphatic carboxylic acids is 1. The monoisotopic (exact) mass is 298 g/mol. The molecule has 0 saturated heterocycles. The highest BCUT2D eigenvalue weighted by atomic mass is 19.1. The summed E-state index contributed by atoms with van der Waals surface area (Å²) in [5.74, 6) is -0.998. The molecule has 0 aliphatic carbocycles. The highest BCUT2D eigenvalue weighted by molar-refractivity contribution is 5.68. The van der Waals surface area contributed by atoms with Gasteiger partial charge in [-0.2, -0.15) is 0 Å². The van der Waals surface area contributed by atoms with Gasteiger partial charge in [-0.25, -0.2) is 4.39 Å². The van der Waals surface area contributed by atoms with Crippen LogP contribution < -0.4 is 9.47 Å². The van der Waals surface area contributed by atoms with Gasteiger partial charge in [0.2, 0.25) is 0 Å². The van der Waals surface area contributed by atoms with Crippen molar-refractivity contribution in [1.82, 2.24) is 0 Å². The summed E-state index contributed by atoms with van der Waals surface area (Å²) >= 11 is 0. The first-order valence-electron chi connectivity index (χ1n) is 7.30. The maximum Gasteiger partial charge on any atom is 0.303 e. The Balaban J connectivity index is 3.06. The molecule has 4 nitrogen and oxygen atoms in total. The van der Waals surface area contributed by atoms with Gasteiger partial charge in [-0.3, -0.25) is 4.79 Å². The zero-order valence-corrected chi connectivity index (χ0v) is 12.8. The second-order valence-corrected chi connectivity index (χ2v) is 5.02. The van der Waals surface area contributed by atoms with E-state index in [0.717, 1.165) is 12.8 Å². The average molecular weight is 298 g/mol. The summed E-state index contributed by atoms with van der Waals surface area (Å²) < 4.78 is 25.2. The molecule has 0 aliphatic heterocycles. The molecule has 1 aromatic carbocycles. The third kappa shape index (κ3) is 5.25. The van der Waals surface area contributed by atoms with E-state index in [9.17, 15) is 9.18 Å². The molecule has 0 fully saturated rings. The molecule has 1 N–H and O–H groups in total. The molecule has 118 valence electrons. The van der Waals surface area contributed by atoms with Gasteiger partial charge >= 0.3 is 5.97 Å². The lowest BCUT2D eigenvalue weighted by atomic mass is 9.97. The molecule has 1 aromatic rings. The fraction of sp³-hybridized carbons (Fsp3) is 0.562. The number of ether oxygens (including phenoxy) is 2. The van der Waals surface area contributed by atoms with Crippen LogP contribution in [-0.2, 0) is 4.79 Å². The first-order chi connectivity index (χ1) is 9.99. The summed E-state index contributed by atoms with van der Waals surface area (Å²) in [5, 5.41) is 8.84. The van der Waals surface area contributed by atoms with Gasteiger partial charge in [-0.15, -0.1) is 0 Å². The van der Waals surface area contributed by atoms with Crippen LogP contribution in [0.3, 0.4) is 0 Å². The van der Waals surface area contributed by atoms with Crippen LogP contribution in [0.15, 0.2) is 12.1 Å². The smallest absolute Gasteiger partial charge is 0.303 e. The highest BCUT2D eigenvalue weighted by Crippen LogP contribution is 2.34. The van der Waals surface area contributed by atoms with E-state index in [1.54, 1.807) is 13.0 Å². The maximum atomic E-state index is 14.2. The highest BCUT2D eigenvalue weighted by Gasteiger charge is 2.19. The van der Waals surface area contributed by atoms with Gasteiger partial charge in [0.15, 0.2) is 11.5 Å². The van der Waals surface area contributed by atoms with Crippen molar-refractivity contribution < 1.29 is 23.8 Å². The van der Waals surface area contributed by atoms with Crippen LogP contribution in [-0.4, -0.2) is 24.3 Å². The number of carbonyl (C=O) groups is 1. The van der Waals surface area contributed by atoms with E-state index in [-0.39, 0.29) is 6.42 Å². The molecule has 0 saturated carbocycles. The second kappa shape index (κ2) is 8.49. The third-order valence-corrected chi connectivity index (χ3v) is 3.00. The van der Waals surface area contributed by atoms with E-state index >= 15 is 0 Å². The molecule has 0 radical (unpaired) electrons. The Morgan fingerprint density at radius 3 is 2.19 bits per heavy atom. The fourth-order valence-corrected chi connectivity index (χ4v) is 1.95. The zero-order chi connectivity index (χ0) is 15.8. The standard InChI is InChI=1S/C16H23FO4/c1-4-6-20-14-9-12(11(3)8-16(18)19)13(17)10-15(14)21-7-5-2/h9-11H,4-8H2,1-3H3,(H,18,19).